The van der Waals surface area contributed by atoms with E-state index < -0.39 is 17.8 Å². The summed E-state index contributed by atoms with van der Waals surface area (Å²) in [6.45, 7) is 12.7. The summed E-state index contributed by atoms with van der Waals surface area (Å²) in [5.41, 5.74) is 1.11. The molecule has 1 aromatic rings. The molecular formula is C24H37N3O5. The first-order chi connectivity index (χ1) is 14.8. The number of β-amino-alcohol motifs (C(OH)–C–C–N with tert-alkyl or cyclic N) is 1. The molecule has 0 saturated carbocycles. The van der Waals surface area contributed by atoms with E-state index in [1.165, 1.54) is 4.90 Å². The summed E-state index contributed by atoms with van der Waals surface area (Å²) >= 11 is 0. The molecule has 3 N–H and O–H groups in total. The molecular weight excluding hydrogens is 410 g/mol. The third kappa shape index (κ3) is 7.82. The Balaban J connectivity index is 1.71. The molecule has 1 aliphatic rings. The number of nitrogens with zero attached hydrogens (tertiary/aromatic N) is 1. The third-order valence-electron chi connectivity index (χ3n) is 5.27. The van der Waals surface area contributed by atoms with Crippen LogP contribution in [0.3, 0.4) is 0 Å². The van der Waals surface area contributed by atoms with Gasteiger partial charge in [0, 0.05) is 37.5 Å². The van der Waals surface area contributed by atoms with Crippen molar-refractivity contribution in [3.8, 4) is 0 Å². The minimum atomic E-state index is -0.724. The highest BCUT2D eigenvalue weighted by Gasteiger charge is 2.36. The second-order valence-electron chi connectivity index (χ2n) is 10.4. The van der Waals surface area contributed by atoms with Crippen LogP contribution in [0.15, 0.2) is 24.3 Å². The first-order valence-corrected chi connectivity index (χ1v) is 11.1. The zero-order valence-corrected chi connectivity index (χ0v) is 20.0. The SMILES string of the molecule is CC(C)(C)OC(=O)N1CC(O)C(CNC(=O)CCNC(=O)c2ccc(C(C)(C)C)cc2)C1. The molecule has 1 aliphatic heterocycles. The number of amides is 3. The maximum Gasteiger partial charge on any atom is 0.410 e. The molecule has 32 heavy (non-hydrogen) atoms. The van der Waals surface area contributed by atoms with Crippen LogP contribution >= 0.6 is 0 Å². The van der Waals surface area contributed by atoms with Gasteiger partial charge in [0.15, 0.2) is 0 Å². The van der Waals surface area contributed by atoms with Gasteiger partial charge in [-0.15, -0.1) is 0 Å². The average molecular weight is 448 g/mol. The van der Waals surface area contributed by atoms with Crippen LogP contribution in [-0.2, 0) is 14.9 Å². The Hall–Kier alpha value is -2.61. The number of ether oxygens (including phenoxy) is 1. The monoisotopic (exact) mass is 447 g/mol. The van der Waals surface area contributed by atoms with Crippen molar-refractivity contribution < 1.29 is 24.2 Å². The summed E-state index contributed by atoms with van der Waals surface area (Å²) in [7, 11) is 0. The smallest absolute Gasteiger partial charge is 0.410 e. The van der Waals surface area contributed by atoms with Gasteiger partial charge in [0.1, 0.15) is 5.60 Å². The molecule has 2 rings (SSSR count). The third-order valence-corrected chi connectivity index (χ3v) is 5.27. The molecule has 1 saturated heterocycles. The quantitative estimate of drug-likeness (QED) is 0.621. The fourth-order valence-electron chi connectivity index (χ4n) is 3.38. The van der Waals surface area contributed by atoms with Crippen LogP contribution in [0.5, 0.6) is 0 Å². The van der Waals surface area contributed by atoms with Gasteiger partial charge in [0.2, 0.25) is 5.91 Å². The number of hydrogen-bond donors (Lipinski definition) is 3. The zero-order chi connectivity index (χ0) is 24.1. The van der Waals surface area contributed by atoms with E-state index in [1.54, 1.807) is 32.9 Å². The largest absolute Gasteiger partial charge is 0.444 e. The number of carbonyl (C=O) groups excluding carboxylic acids is 3. The highest BCUT2D eigenvalue weighted by Crippen LogP contribution is 2.22. The molecule has 0 radical (unpaired) electrons. The number of nitrogens with one attached hydrogen (secondary N) is 2. The van der Waals surface area contributed by atoms with Gasteiger partial charge in [-0.05, 0) is 43.9 Å². The number of likely N-dealkylation sites (tertiary alicyclic amines) is 1. The van der Waals surface area contributed by atoms with Crippen LogP contribution in [0.4, 0.5) is 4.79 Å². The van der Waals surface area contributed by atoms with Crippen LogP contribution in [0.25, 0.3) is 0 Å². The van der Waals surface area contributed by atoms with Crippen LogP contribution < -0.4 is 10.6 Å². The Morgan fingerprint density at radius 2 is 1.66 bits per heavy atom. The summed E-state index contributed by atoms with van der Waals surface area (Å²) in [5, 5.41) is 15.7. The lowest BCUT2D eigenvalue weighted by Gasteiger charge is -2.24. The van der Waals surface area contributed by atoms with Gasteiger partial charge in [-0.1, -0.05) is 32.9 Å². The zero-order valence-electron chi connectivity index (χ0n) is 20.0. The Kier molecular flexibility index (Phi) is 8.29. The van der Waals surface area contributed by atoms with Crippen molar-refractivity contribution in [1.82, 2.24) is 15.5 Å². The van der Waals surface area contributed by atoms with E-state index >= 15 is 0 Å². The van der Waals surface area contributed by atoms with Crippen molar-refractivity contribution in [1.29, 1.82) is 0 Å². The van der Waals surface area contributed by atoms with E-state index in [0.717, 1.165) is 5.56 Å². The number of hydrogen-bond acceptors (Lipinski definition) is 5. The maximum absolute atomic E-state index is 12.3. The van der Waals surface area contributed by atoms with E-state index in [0.29, 0.717) is 12.1 Å². The van der Waals surface area contributed by atoms with Gasteiger partial charge in [0.25, 0.3) is 5.91 Å². The van der Waals surface area contributed by atoms with E-state index in [2.05, 4.69) is 31.4 Å². The summed E-state index contributed by atoms with van der Waals surface area (Å²) in [6, 6.07) is 7.45. The maximum atomic E-state index is 12.3. The Morgan fingerprint density at radius 1 is 1.03 bits per heavy atom. The minimum absolute atomic E-state index is 0.0178. The minimum Gasteiger partial charge on any atom is -0.444 e. The van der Waals surface area contributed by atoms with Crippen LogP contribution in [0.2, 0.25) is 0 Å². The van der Waals surface area contributed by atoms with Crippen LogP contribution in [-0.4, -0.2) is 65.8 Å². The number of aliphatic hydroxyl groups excluding tert-OH is 1. The van der Waals surface area contributed by atoms with E-state index in [9.17, 15) is 19.5 Å². The normalized spacial score (nSPS) is 18.9. The fourth-order valence-corrected chi connectivity index (χ4v) is 3.38. The van der Waals surface area contributed by atoms with E-state index in [4.69, 9.17) is 4.74 Å². The molecule has 8 heteroatoms. The van der Waals surface area contributed by atoms with Crippen molar-refractivity contribution >= 4 is 17.9 Å². The lowest BCUT2D eigenvalue weighted by Crippen LogP contribution is -2.37. The van der Waals surface area contributed by atoms with Gasteiger partial charge in [-0.3, -0.25) is 9.59 Å². The van der Waals surface area contributed by atoms with Crippen molar-refractivity contribution in [2.75, 3.05) is 26.2 Å². The molecule has 3 amide bonds. The first kappa shape index (κ1) is 25.6. The number of carbonyl (C=O) groups is 3. The van der Waals surface area contributed by atoms with Crippen molar-refractivity contribution in [2.24, 2.45) is 5.92 Å². The lowest BCUT2D eigenvalue weighted by atomic mass is 9.87. The summed E-state index contributed by atoms with van der Waals surface area (Å²) < 4.78 is 5.33. The van der Waals surface area contributed by atoms with Crippen LogP contribution in [0.1, 0.15) is 63.9 Å². The fraction of sp³-hybridized carbons (Fsp3) is 0.625. The standard InChI is InChI=1S/C24H37N3O5/c1-23(2,3)18-9-7-16(8-10-18)21(30)25-12-11-20(29)26-13-17-14-27(15-19(17)28)22(31)32-24(4,5)6/h7-10,17,19,28H,11-15H2,1-6H3,(H,25,30)(H,26,29). The van der Waals surface area contributed by atoms with Crippen LogP contribution in [0, 0.1) is 5.92 Å². The second-order valence-corrected chi connectivity index (χ2v) is 10.4. The van der Waals surface area contributed by atoms with Crippen molar-refractivity contribution in [3.63, 3.8) is 0 Å². The van der Waals surface area contributed by atoms with Gasteiger partial charge in [-0.25, -0.2) is 4.79 Å². The molecule has 2 atom stereocenters. The second kappa shape index (κ2) is 10.3. The van der Waals surface area contributed by atoms with Crippen molar-refractivity contribution in [2.45, 2.75) is 65.1 Å². The van der Waals surface area contributed by atoms with E-state index in [1.807, 2.05) is 12.1 Å². The van der Waals surface area contributed by atoms with Gasteiger partial charge in [-0.2, -0.15) is 0 Å². The average Bonchev–Trinajstić information content (AvgIpc) is 3.05. The molecule has 178 valence electrons. The lowest BCUT2D eigenvalue weighted by molar-refractivity contribution is -0.121. The Morgan fingerprint density at radius 3 is 2.22 bits per heavy atom. The molecule has 0 bridgehead atoms. The predicted octanol–water partition coefficient (Wildman–Crippen LogP) is 2.45. The van der Waals surface area contributed by atoms with Crippen molar-refractivity contribution in [3.05, 3.63) is 35.4 Å². The number of rotatable bonds is 6. The molecule has 0 spiro atoms. The molecule has 0 aliphatic carbocycles. The summed E-state index contributed by atoms with van der Waals surface area (Å²) in [6.07, 6.45) is -1.06. The Bertz CT molecular complexity index is 808. The molecule has 8 nitrogen and oxygen atoms in total. The molecule has 2 unspecified atom stereocenters. The highest BCUT2D eigenvalue weighted by molar-refractivity contribution is 5.94. The van der Waals surface area contributed by atoms with Gasteiger partial charge >= 0.3 is 6.09 Å². The topological polar surface area (TPSA) is 108 Å². The number of benzene rings is 1. The predicted molar refractivity (Wildman–Crippen MR) is 122 cm³/mol. The summed E-state index contributed by atoms with van der Waals surface area (Å²) in [5.74, 6) is -0.712. The molecule has 1 heterocycles. The van der Waals surface area contributed by atoms with Gasteiger partial charge < -0.3 is 25.4 Å². The first-order valence-electron chi connectivity index (χ1n) is 11.1. The highest BCUT2D eigenvalue weighted by atomic mass is 16.6. The van der Waals surface area contributed by atoms with Gasteiger partial charge in [0.05, 0.1) is 12.6 Å². The molecule has 1 fully saturated rings. The number of aliphatic hydroxyl groups is 1. The molecule has 0 aromatic heterocycles. The summed E-state index contributed by atoms with van der Waals surface area (Å²) in [4.78, 5) is 38.0. The van der Waals surface area contributed by atoms with E-state index in [-0.39, 0.29) is 49.2 Å². The molecule has 1 aromatic carbocycles. The Labute approximate surface area is 190 Å².